The van der Waals surface area contributed by atoms with E-state index < -0.39 is 18.2 Å². The predicted octanol–water partition coefficient (Wildman–Crippen LogP) is 1.47. The second-order valence-electron chi connectivity index (χ2n) is 5.52. The molecule has 1 aromatic carbocycles. The number of carbonyl (C=O) groups is 2. The Morgan fingerprint density at radius 2 is 1.93 bits per heavy atom. The fraction of sp³-hybridized carbons (Fsp3) is 0.263. The lowest BCUT2D eigenvalue weighted by atomic mass is 10.3. The van der Waals surface area contributed by atoms with E-state index in [0.717, 1.165) is 0 Å². The summed E-state index contributed by atoms with van der Waals surface area (Å²) in [5.74, 6) is -1.08. The molecule has 0 saturated heterocycles. The second-order valence-corrected chi connectivity index (χ2v) is 5.52. The molecule has 1 heterocycles. The normalized spacial score (nSPS) is 11.5. The number of nitrogens with two attached hydrogens (primary N) is 1. The summed E-state index contributed by atoms with van der Waals surface area (Å²) in [5.41, 5.74) is 6.72. The Bertz CT molecular complexity index is 806. The van der Waals surface area contributed by atoms with Crippen molar-refractivity contribution in [2.24, 2.45) is 0 Å². The third-order valence-corrected chi connectivity index (χ3v) is 3.37. The van der Waals surface area contributed by atoms with Gasteiger partial charge in [0.1, 0.15) is 11.6 Å². The molecule has 0 aliphatic carbocycles. The van der Waals surface area contributed by atoms with Gasteiger partial charge in [-0.1, -0.05) is 18.2 Å². The summed E-state index contributed by atoms with van der Waals surface area (Å²) in [6.45, 7) is 5.38. The molecule has 0 aliphatic heterocycles. The zero-order valence-electron chi connectivity index (χ0n) is 16.0. The van der Waals surface area contributed by atoms with Crippen LogP contribution in [-0.4, -0.2) is 40.2 Å². The van der Waals surface area contributed by atoms with Crippen LogP contribution in [0.3, 0.4) is 0 Å². The molecule has 1 unspecified atom stereocenters. The monoisotopic (exact) mass is 388 g/mol. The smallest absolute Gasteiger partial charge is 0.400 e. The van der Waals surface area contributed by atoms with Crippen LogP contribution in [0.1, 0.15) is 25.4 Å². The van der Waals surface area contributed by atoms with E-state index in [1.165, 1.54) is 11.1 Å². The van der Waals surface area contributed by atoms with Gasteiger partial charge in [0.05, 0.1) is 5.69 Å². The van der Waals surface area contributed by atoms with Crippen molar-refractivity contribution in [3.05, 3.63) is 54.1 Å². The highest BCUT2D eigenvalue weighted by Gasteiger charge is 2.25. The van der Waals surface area contributed by atoms with Gasteiger partial charge < -0.3 is 20.7 Å². The first-order valence-corrected chi connectivity index (χ1v) is 8.41. The Hall–Kier alpha value is -3.30. The van der Waals surface area contributed by atoms with Crippen LogP contribution in [0.15, 0.2) is 42.6 Å². The molecule has 2 rings (SSSR count). The lowest BCUT2D eigenvalue weighted by Crippen LogP contribution is -2.36. The standard InChI is InChI=1S/C19H22N4O4.H2O/c1-4-26-14(3)27-19(25)18(24)23(16-8-6-5-7-9-16)11-10-15-12-17(20)22-13(2)21-15;/h5-12,14H,4H2,1-3H3,(H2,20,21,22);1H2/b11-10+;. The van der Waals surface area contributed by atoms with Crippen LogP contribution in [0.5, 0.6) is 0 Å². The highest BCUT2D eigenvalue weighted by Crippen LogP contribution is 2.16. The SMILES string of the molecule is CCOC(C)OC(=O)C(=O)N(/C=C/c1cc(N)nc(C)n1)c1ccccc1.O. The summed E-state index contributed by atoms with van der Waals surface area (Å²) >= 11 is 0. The molecule has 9 nitrogen and oxygen atoms in total. The van der Waals surface area contributed by atoms with Crippen molar-refractivity contribution >= 4 is 29.5 Å². The number of ether oxygens (including phenoxy) is 2. The minimum atomic E-state index is -1.03. The Labute approximate surface area is 163 Å². The van der Waals surface area contributed by atoms with E-state index >= 15 is 0 Å². The molecule has 1 atom stereocenters. The Kier molecular flexibility index (Phi) is 8.73. The first-order chi connectivity index (χ1) is 12.9. The highest BCUT2D eigenvalue weighted by molar-refractivity contribution is 6.38. The molecule has 1 aromatic heterocycles. The minimum absolute atomic E-state index is 0. The van der Waals surface area contributed by atoms with Crippen LogP contribution in [0.4, 0.5) is 11.5 Å². The molecular formula is C19H24N4O5. The van der Waals surface area contributed by atoms with Gasteiger partial charge in [-0.15, -0.1) is 0 Å². The quantitative estimate of drug-likeness (QED) is 0.449. The molecule has 4 N–H and O–H groups in total. The van der Waals surface area contributed by atoms with E-state index in [2.05, 4.69) is 9.97 Å². The zero-order valence-corrected chi connectivity index (χ0v) is 16.0. The Morgan fingerprint density at radius 3 is 2.54 bits per heavy atom. The Morgan fingerprint density at radius 1 is 1.25 bits per heavy atom. The summed E-state index contributed by atoms with van der Waals surface area (Å²) in [7, 11) is 0. The van der Waals surface area contributed by atoms with Crippen LogP contribution < -0.4 is 10.6 Å². The maximum atomic E-state index is 12.6. The number of nitrogen functional groups attached to an aromatic ring is 1. The molecule has 0 aliphatic rings. The molecule has 150 valence electrons. The third kappa shape index (κ3) is 6.45. The Balaban J connectivity index is 0.00000392. The average molecular weight is 388 g/mol. The van der Waals surface area contributed by atoms with E-state index in [1.807, 2.05) is 0 Å². The summed E-state index contributed by atoms with van der Waals surface area (Å²) < 4.78 is 10.2. The number of rotatable bonds is 6. The lowest BCUT2D eigenvalue weighted by Gasteiger charge is -2.19. The molecular weight excluding hydrogens is 364 g/mol. The number of esters is 1. The molecule has 9 heteroatoms. The molecule has 2 aromatic rings. The van der Waals surface area contributed by atoms with E-state index in [0.29, 0.717) is 29.6 Å². The van der Waals surface area contributed by atoms with Crippen LogP contribution in [0, 0.1) is 6.92 Å². The molecule has 0 bridgehead atoms. The van der Waals surface area contributed by atoms with Gasteiger partial charge in [-0.25, -0.2) is 14.8 Å². The fourth-order valence-electron chi connectivity index (χ4n) is 2.28. The van der Waals surface area contributed by atoms with Gasteiger partial charge in [-0.3, -0.25) is 9.69 Å². The fourth-order valence-corrected chi connectivity index (χ4v) is 2.28. The third-order valence-electron chi connectivity index (χ3n) is 3.37. The van der Waals surface area contributed by atoms with E-state index in [9.17, 15) is 9.59 Å². The number of hydrogen-bond donors (Lipinski definition) is 1. The lowest BCUT2D eigenvalue weighted by molar-refractivity contribution is -0.177. The zero-order chi connectivity index (χ0) is 19.8. The van der Waals surface area contributed by atoms with E-state index in [4.69, 9.17) is 15.2 Å². The van der Waals surface area contributed by atoms with Crippen molar-refractivity contribution < 1.29 is 24.5 Å². The number of nitrogens with zero attached hydrogens (tertiary/aromatic N) is 3. The van der Waals surface area contributed by atoms with Gasteiger partial charge in [-0.2, -0.15) is 0 Å². The molecule has 0 fully saturated rings. The van der Waals surface area contributed by atoms with Gasteiger partial charge in [-0.05, 0) is 39.0 Å². The summed E-state index contributed by atoms with van der Waals surface area (Å²) in [6, 6.07) is 10.3. The maximum absolute atomic E-state index is 12.6. The molecule has 1 amide bonds. The van der Waals surface area contributed by atoms with Crippen molar-refractivity contribution in [1.29, 1.82) is 0 Å². The van der Waals surface area contributed by atoms with Gasteiger partial charge in [0.15, 0.2) is 0 Å². The first-order valence-electron chi connectivity index (χ1n) is 8.41. The van der Waals surface area contributed by atoms with Crippen LogP contribution in [-0.2, 0) is 19.1 Å². The number of hydrogen-bond acceptors (Lipinski definition) is 7. The van der Waals surface area contributed by atoms with Crippen molar-refractivity contribution in [1.82, 2.24) is 9.97 Å². The van der Waals surface area contributed by atoms with Gasteiger partial charge in [0.25, 0.3) is 0 Å². The number of amides is 1. The number of para-hydroxylation sites is 1. The number of carbonyl (C=O) groups excluding carboxylic acids is 2. The maximum Gasteiger partial charge on any atom is 0.400 e. The van der Waals surface area contributed by atoms with Gasteiger partial charge >= 0.3 is 11.9 Å². The van der Waals surface area contributed by atoms with Crippen LogP contribution in [0.2, 0.25) is 0 Å². The van der Waals surface area contributed by atoms with Crippen LogP contribution >= 0.6 is 0 Å². The molecule has 0 spiro atoms. The summed E-state index contributed by atoms with van der Waals surface area (Å²) in [5, 5.41) is 0. The number of benzene rings is 1. The minimum Gasteiger partial charge on any atom is -0.429 e. The molecule has 0 radical (unpaired) electrons. The average Bonchev–Trinajstić information content (AvgIpc) is 2.62. The summed E-state index contributed by atoms with van der Waals surface area (Å²) in [6.07, 6.45) is 2.18. The van der Waals surface area contributed by atoms with E-state index in [1.54, 1.807) is 63.2 Å². The number of aryl methyl sites for hydroxylation is 1. The molecule has 0 saturated carbocycles. The highest BCUT2D eigenvalue weighted by atomic mass is 16.7. The number of anilines is 2. The second kappa shape index (κ2) is 10.8. The topological polar surface area (TPSA) is 139 Å². The van der Waals surface area contributed by atoms with Crippen LogP contribution in [0.25, 0.3) is 6.08 Å². The van der Waals surface area contributed by atoms with Gasteiger partial charge in [0.2, 0.25) is 6.29 Å². The van der Waals surface area contributed by atoms with Crippen molar-refractivity contribution in [2.45, 2.75) is 27.1 Å². The predicted molar refractivity (Wildman–Crippen MR) is 105 cm³/mol. The largest absolute Gasteiger partial charge is 0.429 e. The van der Waals surface area contributed by atoms with Crippen molar-refractivity contribution in [2.75, 3.05) is 17.2 Å². The summed E-state index contributed by atoms with van der Waals surface area (Å²) in [4.78, 5) is 34.2. The van der Waals surface area contributed by atoms with Crippen molar-refractivity contribution in [3.63, 3.8) is 0 Å². The van der Waals surface area contributed by atoms with E-state index in [-0.39, 0.29) is 5.48 Å². The number of aromatic nitrogens is 2. The van der Waals surface area contributed by atoms with Crippen molar-refractivity contribution in [3.8, 4) is 0 Å². The van der Waals surface area contributed by atoms with Gasteiger partial charge in [0, 0.05) is 24.6 Å². The molecule has 28 heavy (non-hydrogen) atoms. The first kappa shape index (κ1) is 22.7.